The Morgan fingerprint density at radius 1 is 1.11 bits per heavy atom. The van der Waals surface area contributed by atoms with Crippen molar-refractivity contribution in [2.24, 2.45) is 0 Å². The van der Waals surface area contributed by atoms with E-state index in [0.29, 0.717) is 34.3 Å². The van der Waals surface area contributed by atoms with Gasteiger partial charge in [0.2, 0.25) is 0 Å². The zero-order valence-corrected chi connectivity index (χ0v) is 22.5. The number of nitrogens with zero attached hydrogens (tertiary/aromatic N) is 3. The van der Waals surface area contributed by atoms with Crippen molar-refractivity contribution in [1.82, 2.24) is 14.5 Å². The lowest BCUT2D eigenvalue weighted by molar-refractivity contribution is -0.118. The van der Waals surface area contributed by atoms with Gasteiger partial charge >= 0.3 is 0 Å². The normalized spacial score (nSPS) is 11.8. The van der Waals surface area contributed by atoms with Crippen LogP contribution in [0.25, 0.3) is 15.9 Å². The number of rotatable bonds is 7. The first-order chi connectivity index (χ1) is 17.6. The van der Waals surface area contributed by atoms with Crippen LogP contribution in [-0.4, -0.2) is 27.1 Å². The summed E-state index contributed by atoms with van der Waals surface area (Å²) in [6, 6.07) is 16.6. The van der Waals surface area contributed by atoms with Crippen LogP contribution in [0.3, 0.4) is 0 Å². The van der Waals surface area contributed by atoms with E-state index in [4.69, 9.17) is 9.26 Å². The highest BCUT2D eigenvalue weighted by Gasteiger charge is 2.14. The lowest BCUT2D eigenvalue weighted by atomic mass is 9.87. The quantitative estimate of drug-likeness (QED) is 0.263. The molecule has 8 nitrogen and oxygen atoms in total. The predicted octanol–water partition coefficient (Wildman–Crippen LogP) is 5.81. The van der Waals surface area contributed by atoms with Crippen LogP contribution < -0.4 is 15.6 Å². The SMILES string of the molecule is Cc1cc2nc(CSc3nc4ccc(NC(=O)COc5ccc(C(C)(C)C)cc5)cc4s3)cc(=O)n2o1. The molecule has 0 unspecified atom stereocenters. The van der Waals surface area contributed by atoms with E-state index in [9.17, 15) is 9.59 Å². The van der Waals surface area contributed by atoms with Crippen molar-refractivity contribution in [1.29, 1.82) is 0 Å². The van der Waals surface area contributed by atoms with E-state index in [0.717, 1.165) is 14.6 Å². The Kier molecular flexibility index (Phi) is 6.78. The van der Waals surface area contributed by atoms with Gasteiger partial charge in [-0.25, -0.2) is 9.97 Å². The van der Waals surface area contributed by atoms with Crippen molar-refractivity contribution in [2.45, 2.75) is 43.2 Å². The number of amides is 1. The van der Waals surface area contributed by atoms with Crippen molar-refractivity contribution in [3.8, 4) is 5.75 Å². The van der Waals surface area contributed by atoms with Gasteiger partial charge in [-0.3, -0.25) is 9.59 Å². The van der Waals surface area contributed by atoms with Crippen LogP contribution in [0.1, 0.15) is 37.8 Å². The van der Waals surface area contributed by atoms with Gasteiger partial charge in [-0.05, 0) is 48.2 Å². The van der Waals surface area contributed by atoms with E-state index in [1.807, 2.05) is 42.5 Å². The summed E-state index contributed by atoms with van der Waals surface area (Å²) in [5, 5.41) is 2.88. The highest BCUT2D eigenvalue weighted by atomic mass is 32.2. The minimum atomic E-state index is -0.246. The van der Waals surface area contributed by atoms with Crippen LogP contribution >= 0.6 is 23.1 Å². The van der Waals surface area contributed by atoms with E-state index >= 15 is 0 Å². The number of thiazole rings is 1. The third-order valence-electron chi connectivity index (χ3n) is 5.61. The molecule has 0 aliphatic carbocycles. The van der Waals surface area contributed by atoms with Crippen LogP contribution in [0.4, 0.5) is 5.69 Å². The molecule has 1 amide bonds. The third-order valence-corrected chi connectivity index (χ3v) is 7.81. The summed E-state index contributed by atoms with van der Waals surface area (Å²) < 4.78 is 14.0. The zero-order chi connectivity index (χ0) is 26.2. The molecule has 1 N–H and O–H groups in total. The number of aromatic nitrogens is 3. The van der Waals surface area contributed by atoms with Gasteiger partial charge in [-0.1, -0.05) is 44.7 Å². The largest absolute Gasteiger partial charge is 0.484 e. The number of nitrogens with one attached hydrogen (secondary N) is 1. The summed E-state index contributed by atoms with van der Waals surface area (Å²) in [6.07, 6.45) is 0. The van der Waals surface area contributed by atoms with Gasteiger partial charge < -0.3 is 14.6 Å². The van der Waals surface area contributed by atoms with Crippen LogP contribution in [0.15, 0.2) is 68.3 Å². The summed E-state index contributed by atoms with van der Waals surface area (Å²) in [5.41, 5.74) is 3.71. The molecule has 3 aromatic heterocycles. The Balaban J connectivity index is 1.19. The fraction of sp³-hybridized carbons (Fsp3) is 0.259. The third kappa shape index (κ3) is 5.86. The van der Waals surface area contributed by atoms with Crippen LogP contribution in [0, 0.1) is 6.92 Å². The van der Waals surface area contributed by atoms with Crippen LogP contribution in [0.2, 0.25) is 0 Å². The number of hydrogen-bond donors (Lipinski definition) is 1. The molecule has 3 heterocycles. The van der Waals surface area contributed by atoms with Crippen LogP contribution in [0.5, 0.6) is 5.75 Å². The first kappa shape index (κ1) is 25.0. The van der Waals surface area contributed by atoms with Crippen LogP contribution in [-0.2, 0) is 16.0 Å². The molecular formula is C27H26N4O4S2. The minimum absolute atomic E-state index is 0.0633. The van der Waals surface area contributed by atoms with Gasteiger partial charge in [0.05, 0.1) is 15.9 Å². The van der Waals surface area contributed by atoms with Crippen molar-refractivity contribution in [3.05, 3.63) is 82.0 Å². The summed E-state index contributed by atoms with van der Waals surface area (Å²) in [5.74, 6) is 1.56. The molecule has 5 aromatic rings. The van der Waals surface area contributed by atoms with E-state index in [2.05, 4.69) is 36.1 Å². The fourth-order valence-corrected chi connectivity index (χ4v) is 5.72. The molecule has 0 spiro atoms. The second-order valence-corrected chi connectivity index (χ2v) is 11.9. The number of thioether (sulfide) groups is 1. The topological polar surface area (TPSA) is 98.7 Å². The minimum Gasteiger partial charge on any atom is -0.484 e. The highest BCUT2D eigenvalue weighted by Crippen LogP contribution is 2.32. The number of carbonyl (C=O) groups is 1. The number of anilines is 1. The zero-order valence-electron chi connectivity index (χ0n) is 20.9. The van der Waals surface area contributed by atoms with E-state index < -0.39 is 0 Å². The molecule has 0 atom stereocenters. The maximum Gasteiger partial charge on any atom is 0.287 e. The van der Waals surface area contributed by atoms with Gasteiger partial charge in [0, 0.05) is 23.6 Å². The van der Waals surface area contributed by atoms with Gasteiger partial charge in [-0.2, -0.15) is 0 Å². The van der Waals surface area contributed by atoms with Crippen molar-refractivity contribution in [3.63, 3.8) is 0 Å². The molecule has 0 bridgehead atoms. The number of hydrogen-bond acceptors (Lipinski definition) is 8. The summed E-state index contributed by atoms with van der Waals surface area (Å²) in [4.78, 5) is 33.8. The number of aryl methyl sites for hydroxylation is 1. The number of ether oxygens (including phenoxy) is 1. The van der Waals surface area contributed by atoms with E-state index in [1.165, 1.54) is 39.3 Å². The number of benzene rings is 2. The monoisotopic (exact) mass is 534 g/mol. The van der Waals surface area contributed by atoms with E-state index in [-0.39, 0.29) is 23.5 Å². The molecular weight excluding hydrogens is 508 g/mol. The molecule has 0 saturated carbocycles. The fourth-order valence-electron chi connectivity index (χ4n) is 3.72. The predicted molar refractivity (Wildman–Crippen MR) is 147 cm³/mol. The second-order valence-electron chi connectivity index (χ2n) is 9.65. The molecule has 5 rings (SSSR count). The summed E-state index contributed by atoms with van der Waals surface area (Å²) >= 11 is 3.03. The Labute approximate surface area is 221 Å². The maximum absolute atomic E-state index is 12.4. The molecule has 0 aliphatic heterocycles. The first-order valence-corrected chi connectivity index (χ1v) is 13.5. The average Bonchev–Trinajstić information content (AvgIpc) is 3.43. The van der Waals surface area contributed by atoms with Gasteiger partial charge in [0.1, 0.15) is 11.5 Å². The number of carbonyl (C=O) groups excluding carboxylic acids is 1. The van der Waals surface area contributed by atoms with Gasteiger partial charge in [0.15, 0.2) is 16.6 Å². The average molecular weight is 535 g/mol. The Bertz CT molecular complexity index is 1650. The van der Waals surface area contributed by atoms with Gasteiger partial charge in [0.25, 0.3) is 11.5 Å². The Morgan fingerprint density at radius 2 is 1.89 bits per heavy atom. The van der Waals surface area contributed by atoms with Gasteiger partial charge in [-0.15, -0.1) is 15.9 Å². The molecule has 190 valence electrons. The molecule has 37 heavy (non-hydrogen) atoms. The molecule has 10 heteroatoms. The maximum atomic E-state index is 12.4. The molecule has 0 radical (unpaired) electrons. The first-order valence-electron chi connectivity index (χ1n) is 11.7. The highest BCUT2D eigenvalue weighted by molar-refractivity contribution is 8.00. The van der Waals surface area contributed by atoms with Crippen molar-refractivity contribution in [2.75, 3.05) is 11.9 Å². The molecule has 0 aliphatic rings. The molecule has 2 aromatic carbocycles. The Morgan fingerprint density at radius 3 is 2.65 bits per heavy atom. The molecule has 0 fully saturated rings. The lowest BCUT2D eigenvalue weighted by Gasteiger charge is -2.19. The smallest absolute Gasteiger partial charge is 0.287 e. The summed E-state index contributed by atoms with van der Waals surface area (Å²) in [7, 11) is 0. The molecule has 0 saturated heterocycles. The van der Waals surface area contributed by atoms with Crippen molar-refractivity contribution < 1.29 is 14.1 Å². The Hall–Kier alpha value is -3.63. The standard InChI is InChI=1S/C27H26N4O4S2/c1-16-11-23-28-19(13-25(33)31(23)35-16)15-36-26-30-21-10-7-18(12-22(21)37-26)29-24(32)14-34-20-8-5-17(6-9-20)27(2,3)4/h5-13H,14-15H2,1-4H3,(H,29,32). The second kappa shape index (κ2) is 10.0. The number of fused-ring (bicyclic) bond motifs is 2. The lowest BCUT2D eigenvalue weighted by Crippen LogP contribution is -2.20. The van der Waals surface area contributed by atoms with E-state index in [1.54, 1.807) is 13.0 Å². The van der Waals surface area contributed by atoms with Crippen molar-refractivity contribution >= 4 is 50.6 Å². The summed E-state index contributed by atoms with van der Waals surface area (Å²) in [6.45, 7) is 8.16.